The minimum absolute atomic E-state index is 0.0415. The molecule has 0 spiro atoms. The smallest absolute Gasteiger partial charge is 0.306 e. The molecule has 1 aliphatic heterocycles. The lowest BCUT2D eigenvalue weighted by Gasteiger charge is -2.39. The number of aliphatic carboxylic acids is 1. The van der Waals surface area contributed by atoms with Crippen LogP contribution >= 0.6 is 11.3 Å². The monoisotopic (exact) mass is 1270 g/mol. The fourth-order valence-electron chi connectivity index (χ4n) is 11.1. The van der Waals surface area contributed by atoms with Gasteiger partial charge in [0.1, 0.15) is 16.5 Å². The summed E-state index contributed by atoms with van der Waals surface area (Å²) in [5.74, 6) is -6.00. The Morgan fingerprint density at radius 1 is 0.787 bits per heavy atom. The van der Waals surface area contributed by atoms with Crippen molar-refractivity contribution < 1.29 is 71.9 Å². The number of hydrogen-bond acceptors (Lipinski definition) is 18. The highest BCUT2D eigenvalue weighted by Crippen LogP contribution is 2.34. The largest absolute Gasteiger partial charge is 0.481 e. The molecular weight excluding hydrogens is 1160 g/mol. The first-order chi connectivity index (χ1) is 42.4. The van der Waals surface area contributed by atoms with Crippen LogP contribution in [0, 0.1) is 35.5 Å². The second kappa shape index (κ2) is 42.5. The zero-order valence-electron chi connectivity index (χ0n) is 54.9. The van der Waals surface area contributed by atoms with Crippen LogP contribution < -0.4 is 22.1 Å². The number of ketones is 3. The number of unbranched alkanes of at least 4 members (excludes halogenated alkanes) is 1. The van der Waals surface area contributed by atoms with Crippen LogP contribution in [0.1, 0.15) is 185 Å². The van der Waals surface area contributed by atoms with Crippen LogP contribution in [0.25, 0.3) is 0 Å². The molecule has 23 heteroatoms. The van der Waals surface area contributed by atoms with E-state index in [2.05, 4.69) is 15.5 Å². The summed E-state index contributed by atoms with van der Waals surface area (Å²) in [6.45, 7) is 21.2. The molecular formula is C66H107N7O15S. The van der Waals surface area contributed by atoms with Crippen molar-refractivity contribution in [2.24, 2.45) is 47.0 Å². The number of aromatic nitrogens is 1. The summed E-state index contributed by atoms with van der Waals surface area (Å²) in [7, 11) is 1.97. The molecule has 1 aromatic carbocycles. The molecule has 0 aliphatic carbocycles. The number of amides is 4. The highest BCUT2D eigenvalue weighted by molar-refractivity contribution is 7.09. The molecule has 4 amide bonds. The topological polar surface area (TPSA) is 315 Å². The average Bonchev–Trinajstić information content (AvgIpc) is 3.60. The molecule has 1 saturated heterocycles. The quantitative estimate of drug-likeness (QED) is 0.0322. The van der Waals surface area contributed by atoms with Gasteiger partial charge in [-0.1, -0.05) is 98.9 Å². The predicted octanol–water partition coefficient (Wildman–Crippen LogP) is 7.25. The van der Waals surface area contributed by atoms with E-state index >= 15 is 0 Å². The molecule has 9 atom stereocenters. The number of likely N-dealkylation sites (tertiary alicyclic amines) is 1. The maximum Gasteiger partial charge on any atom is 0.306 e. The third-order valence-corrected chi connectivity index (χ3v) is 17.5. The molecule has 1 aliphatic rings. The van der Waals surface area contributed by atoms with Gasteiger partial charge in [0.15, 0.2) is 17.7 Å². The number of ether oxygens (including phenoxy) is 5. The molecule has 0 unspecified atom stereocenters. The highest BCUT2D eigenvalue weighted by atomic mass is 32.1. The van der Waals surface area contributed by atoms with Gasteiger partial charge in [0.2, 0.25) is 17.7 Å². The number of carbonyl (C=O) groups excluding carboxylic acids is 8. The van der Waals surface area contributed by atoms with E-state index in [1.165, 1.54) is 6.92 Å². The molecule has 2 heterocycles. The molecule has 2 aromatic rings. The molecule has 0 bridgehead atoms. The van der Waals surface area contributed by atoms with E-state index in [0.29, 0.717) is 89.0 Å². The van der Waals surface area contributed by atoms with Crippen LogP contribution in [-0.4, -0.2) is 177 Å². The maximum atomic E-state index is 14.9. The Bertz CT molecular complexity index is 2490. The molecule has 89 heavy (non-hydrogen) atoms. The Kier molecular flexibility index (Phi) is 37.1. The fourth-order valence-corrected chi connectivity index (χ4v) is 11.9. The number of primary amides is 1. The second-order valence-electron chi connectivity index (χ2n) is 24.6. The first kappa shape index (κ1) is 77.7. The van der Waals surface area contributed by atoms with Gasteiger partial charge in [-0.05, 0) is 87.4 Å². The Morgan fingerprint density at radius 3 is 1.98 bits per heavy atom. The van der Waals surface area contributed by atoms with Gasteiger partial charge >= 0.3 is 11.9 Å². The molecule has 502 valence electrons. The van der Waals surface area contributed by atoms with Crippen LogP contribution in [-0.2, 0) is 74.9 Å². The van der Waals surface area contributed by atoms with Gasteiger partial charge in [0, 0.05) is 87.8 Å². The number of carboxylic acid groups (broad SMARTS) is 1. The van der Waals surface area contributed by atoms with E-state index in [4.69, 9.17) is 40.1 Å². The highest BCUT2D eigenvalue weighted by Gasteiger charge is 2.39. The van der Waals surface area contributed by atoms with Crippen LogP contribution in [0.15, 0.2) is 29.6 Å². The fraction of sp³-hybridized carbons (Fsp3) is 0.727. The summed E-state index contributed by atoms with van der Waals surface area (Å²) in [5, 5.41) is 17.8. The number of carbonyl (C=O) groups is 9. The third kappa shape index (κ3) is 29.1. The lowest BCUT2D eigenvalue weighted by molar-refractivity contribution is -0.150. The van der Waals surface area contributed by atoms with Gasteiger partial charge in [-0.2, -0.15) is 0 Å². The lowest BCUT2D eigenvalue weighted by atomic mass is 9.82. The molecule has 1 aromatic heterocycles. The number of likely N-dealkylation sites (N-methyl/N-ethyl adjacent to an activating group) is 1. The van der Waals surface area contributed by atoms with Crippen molar-refractivity contribution in [2.45, 2.75) is 195 Å². The minimum atomic E-state index is -1.04. The van der Waals surface area contributed by atoms with Gasteiger partial charge in [0.25, 0.3) is 5.91 Å². The molecule has 7 N–H and O–H groups in total. The van der Waals surface area contributed by atoms with Gasteiger partial charge < -0.3 is 55.8 Å². The molecule has 1 fully saturated rings. The van der Waals surface area contributed by atoms with Crippen LogP contribution in [0.3, 0.4) is 0 Å². The van der Waals surface area contributed by atoms with E-state index < -0.39 is 71.6 Å². The first-order valence-corrected chi connectivity index (χ1v) is 33.2. The van der Waals surface area contributed by atoms with E-state index in [0.717, 1.165) is 42.7 Å². The normalized spacial score (nSPS) is 16.3. The predicted molar refractivity (Wildman–Crippen MR) is 341 cm³/mol. The Labute approximate surface area is 532 Å². The number of rotatable bonds is 48. The number of carboxylic acids is 1. The SMILES string of the molecule is CCCN(C(=O)[C@@H](CC(=O)[C@H]1CCCCN1C)[C@@H](C)CC)[C@H](C[C@@H](OC(C)=O)c1nc(C(=O)N[C@@H](Cc2ccc(CC(=O)[C@H](CCCCC(N)=O)NC(=O)[C@@H](CC(=O)CCOCCOCCOCCOCCN)C(C)C)cc2)C[C@H](C)C(=O)O)cs1)C(C)C. The van der Waals surface area contributed by atoms with E-state index in [9.17, 15) is 48.3 Å². The van der Waals surface area contributed by atoms with Crippen molar-refractivity contribution in [2.75, 3.05) is 79.5 Å². The van der Waals surface area contributed by atoms with Crippen molar-refractivity contribution in [1.29, 1.82) is 0 Å². The number of benzene rings is 1. The summed E-state index contributed by atoms with van der Waals surface area (Å²) in [5.41, 5.74) is 12.2. The zero-order chi connectivity index (χ0) is 66.0. The summed E-state index contributed by atoms with van der Waals surface area (Å²) >= 11 is 1.14. The second-order valence-corrected chi connectivity index (χ2v) is 25.5. The number of piperidine rings is 1. The standard InChI is InChI=1S/C66H107N7O15S/c1-11-26-73(65(81)53(45(7)12-2)40-59(77)56-18-15-16-27-72(56)10)57(44(5)6)41-60(88-47(9)74)64-71-55(42-89-64)63(80)69-50(36-46(8)66(82)83)37-48-20-22-49(23-21-48)38-58(76)54(17-13-14-19-61(68)78)70-62(79)52(43(3)4)39-51(75)24-28-84-30-32-86-34-35-87-33-31-85-29-25-67/h20-23,42-46,50,52-54,56-57,60H,11-19,24-41,67H2,1-10H3,(H2,68,78)(H,69,80)(H,70,79)(H,82,83)/t45-,46-,50+,52-,53-,54-,56+,57+,60+/m0/s1. The van der Waals surface area contributed by atoms with Gasteiger partial charge in [-0.25, -0.2) is 4.98 Å². The summed E-state index contributed by atoms with van der Waals surface area (Å²) in [6.07, 6.45) is 5.08. The van der Waals surface area contributed by atoms with E-state index in [1.54, 1.807) is 36.6 Å². The van der Waals surface area contributed by atoms with Crippen molar-refractivity contribution in [1.82, 2.24) is 25.4 Å². The van der Waals surface area contributed by atoms with Crippen LogP contribution in [0.2, 0.25) is 0 Å². The van der Waals surface area contributed by atoms with Gasteiger partial charge in [-0.15, -0.1) is 11.3 Å². The number of esters is 1. The Hall–Kier alpha value is -5.56. The van der Waals surface area contributed by atoms with Crippen molar-refractivity contribution >= 4 is 64.3 Å². The van der Waals surface area contributed by atoms with Crippen LogP contribution in [0.5, 0.6) is 0 Å². The van der Waals surface area contributed by atoms with Crippen LogP contribution in [0.4, 0.5) is 0 Å². The number of nitrogens with two attached hydrogens (primary N) is 2. The summed E-state index contributed by atoms with van der Waals surface area (Å²) in [4.78, 5) is 129. The molecule has 0 radical (unpaired) electrons. The maximum absolute atomic E-state index is 14.9. The lowest BCUT2D eigenvalue weighted by Crippen LogP contribution is -2.50. The first-order valence-electron chi connectivity index (χ1n) is 32.3. The number of thiazole rings is 1. The summed E-state index contributed by atoms with van der Waals surface area (Å²) in [6, 6.07) is 4.89. The van der Waals surface area contributed by atoms with E-state index in [1.807, 2.05) is 60.4 Å². The van der Waals surface area contributed by atoms with Gasteiger partial charge in [0.05, 0.1) is 70.9 Å². The number of hydrogen-bond donors (Lipinski definition) is 5. The van der Waals surface area contributed by atoms with Crippen molar-refractivity contribution in [3.8, 4) is 0 Å². The van der Waals surface area contributed by atoms with Gasteiger partial charge in [-0.3, -0.25) is 48.1 Å². The van der Waals surface area contributed by atoms with Crippen molar-refractivity contribution in [3.63, 3.8) is 0 Å². The minimum Gasteiger partial charge on any atom is -0.481 e. The number of Topliss-reactive ketones (excluding diaryl/α,β-unsaturated/α-hetero) is 3. The molecule has 22 nitrogen and oxygen atoms in total. The third-order valence-electron chi connectivity index (χ3n) is 16.6. The molecule has 0 saturated carbocycles. The molecule has 3 rings (SSSR count). The van der Waals surface area contributed by atoms with E-state index in [-0.39, 0.29) is 124 Å². The number of nitrogens with one attached hydrogen (secondary N) is 2. The number of nitrogens with zero attached hydrogens (tertiary/aromatic N) is 3. The van der Waals surface area contributed by atoms with Crippen molar-refractivity contribution in [3.05, 3.63) is 51.5 Å². The zero-order valence-corrected chi connectivity index (χ0v) is 55.7. The average molecular weight is 1270 g/mol. The Morgan fingerprint density at radius 2 is 1.42 bits per heavy atom. The summed E-state index contributed by atoms with van der Waals surface area (Å²) < 4.78 is 27.7. The Balaban J connectivity index is 1.74.